The van der Waals surface area contributed by atoms with Crippen molar-refractivity contribution in [3.8, 4) is 34.3 Å². The highest BCUT2D eigenvalue weighted by molar-refractivity contribution is 5.82. The lowest BCUT2D eigenvalue weighted by Gasteiger charge is -2.07. The molecule has 5 heteroatoms. The number of aromatic nitrogens is 3. The Morgan fingerprint density at radius 2 is 1.92 bits per heavy atom. The molecule has 0 unspecified atom stereocenters. The fourth-order valence-electron chi connectivity index (χ4n) is 2.80. The third kappa shape index (κ3) is 2.70. The van der Waals surface area contributed by atoms with Crippen LogP contribution in [0, 0.1) is 11.3 Å². The molecular weight excluding hydrogens is 312 g/mol. The number of methoxy groups -OCH3 is 1. The van der Waals surface area contributed by atoms with Crippen molar-refractivity contribution in [3.63, 3.8) is 0 Å². The van der Waals surface area contributed by atoms with E-state index in [-0.39, 0.29) is 0 Å². The average molecular weight is 326 g/mol. The maximum absolute atomic E-state index is 9.06. The molecule has 0 aliphatic carbocycles. The molecule has 0 spiro atoms. The van der Waals surface area contributed by atoms with E-state index in [1.165, 1.54) is 0 Å². The highest BCUT2D eigenvalue weighted by atomic mass is 16.5. The molecule has 1 N–H and O–H groups in total. The smallest absolute Gasteiger partial charge is 0.157 e. The molecule has 0 saturated heterocycles. The van der Waals surface area contributed by atoms with Gasteiger partial charge < -0.3 is 9.72 Å². The zero-order valence-corrected chi connectivity index (χ0v) is 13.5. The minimum absolute atomic E-state index is 0.598. The van der Waals surface area contributed by atoms with Crippen LogP contribution in [0.1, 0.15) is 5.56 Å². The molecule has 0 amide bonds. The third-order valence-corrected chi connectivity index (χ3v) is 4.02. The van der Waals surface area contributed by atoms with Crippen molar-refractivity contribution in [3.05, 3.63) is 66.4 Å². The van der Waals surface area contributed by atoms with Crippen molar-refractivity contribution in [2.45, 2.75) is 0 Å². The molecule has 120 valence electrons. The molecule has 0 radical (unpaired) electrons. The van der Waals surface area contributed by atoms with Crippen LogP contribution in [0.5, 0.6) is 5.75 Å². The Bertz CT molecular complexity index is 1110. The third-order valence-electron chi connectivity index (χ3n) is 4.02. The number of pyridine rings is 1. The number of nitriles is 1. The van der Waals surface area contributed by atoms with Crippen LogP contribution in [-0.2, 0) is 0 Å². The summed E-state index contributed by atoms with van der Waals surface area (Å²) in [6.45, 7) is 0. The first-order valence-electron chi connectivity index (χ1n) is 7.78. The van der Waals surface area contributed by atoms with Gasteiger partial charge in [0.05, 0.1) is 18.7 Å². The Labute approximate surface area is 144 Å². The molecule has 0 fully saturated rings. The van der Waals surface area contributed by atoms with E-state index in [0.29, 0.717) is 17.0 Å². The second-order valence-electron chi connectivity index (χ2n) is 5.57. The minimum atomic E-state index is 0.598. The molecule has 4 rings (SSSR count). The molecule has 0 atom stereocenters. The van der Waals surface area contributed by atoms with Gasteiger partial charge in [0.2, 0.25) is 0 Å². The lowest BCUT2D eigenvalue weighted by molar-refractivity contribution is 0.416. The number of ether oxygens (including phenoxy) is 1. The number of imidazole rings is 1. The summed E-state index contributed by atoms with van der Waals surface area (Å²) in [5.41, 5.74) is 4.83. The molecule has 4 aromatic rings. The molecule has 25 heavy (non-hydrogen) atoms. The number of hydrogen-bond acceptors (Lipinski definition) is 4. The lowest BCUT2D eigenvalue weighted by atomic mass is 10.1. The van der Waals surface area contributed by atoms with Gasteiger partial charge >= 0.3 is 0 Å². The second kappa shape index (κ2) is 6.10. The first-order chi connectivity index (χ1) is 12.3. The first kappa shape index (κ1) is 14.9. The Balaban J connectivity index is 1.81. The maximum atomic E-state index is 9.06. The van der Waals surface area contributed by atoms with Crippen LogP contribution in [0.4, 0.5) is 0 Å². The maximum Gasteiger partial charge on any atom is 0.157 e. The van der Waals surface area contributed by atoms with Crippen LogP contribution < -0.4 is 4.74 Å². The normalized spacial score (nSPS) is 10.6. The predicted octanol–water partition coefficient (Wildman–Crippen LogP) is 4.17. The molecule has 0 saturated carbocycles. The van der Waals surface area contributed by atoms with E-state index >= 15 is 0 Å². The van der Waals surface area contributed by atoms with Crippen molar-refractivity contribution < 1.29 is 4.74 Å². The van der Waals surface area contributed by atoms with E-state index in [9.17, 15) is 0 Å². The van der Waals surface area contributed by atoms with Gasteiger partial charge in [0, 0.05) is 22.9 Å². The summed E-state index contributed by atoms with van der Waals surface area (Å²) >= 11 is 0. The van der Waals surface area contributed by atoms with Gasteiger partial charge in [-0.3, -0.25) is 0 Å². The summed E-state index contributed by atoms with van der Waals surface area (Å²) in [6, 6.07) is 19.3. The highest BCUT2D eigenvalue weighted by Crippen LogP contribution is 2.31. The largest absolute Gasteiger partial charge is 0.496 e. The Kier molecular flexibility index (Phi) is 3.64. The molecule has 0 bridgehead atoms. The van der Waals surface area contributed by atoms with Crippen LogP contribution in [0.25, 0.3) is 33.7 Å². The quantitative estimate of drug-likeness (QED) is 0.613. The SMILES string of the molecule is COc1ccccc1-c1cnc2[nH]c(-c3cccc(C#N)c3)nc2c1. The standard InChI is InChI=1S/C20H14N4O/c1-25-18-8-3-2-7-16(18)15-10-17-20(22-12-15)24-19(23-17)14-6-4-5-13(9-14)11-21/h2-10,12H,1H3,(H,22,23,24). The predicted molar refractivity (Wildman–Crippen MR) is 96.0 cm³/mol. The number of hydrogen-bond donors (Lipinski definition) is 1. The highest BCUT2D eigenvalue weighted by Gasteiger charge is 2.10. The van der Waals surface area contributed by atoms with E-state index in [2.05, 4.69) is 21.0 Å². The molecule has 2 aromatic heterocycles. The lowest BCUT2D eigenvalue weighted by Crippen LogP contribution is -1.88. The van der Waals surface area contributed by atoms with Crippen molar-refractivity contribution in [2.75, 3.05) is 7.11 Å². The zero-order chi connectivity index (χ0) is 17.2. The summed E-state index contributed by atoms with van der Waals surface area (Å²) < 4.78 is 5.43. The monoisotopic (exact) mass is 326 g/mol. The Hall–Kier alpha value is -3.65. The van der Waals surface area contributed by atoms with E-state index < -0.39 is 0 Å². The van der Waals surface area contributed by atoms with E-state index in [0.717, 1.165) is 28.0 Å². The summed E-state index contributed by atoms with van der Waals surface area (Å²) in [4.78, 5) is 12.3. The topological polar surface area (TPSA) is 74.6 Å². The summed E-state index contributed by atoms with van der Waals surface area (Å²) in [5.74, 6) is 1.48. The number of nitrogens with one attached hydrogen (secondary N) is 1. The molecule has 2 heterocycles. The fourth-order valence-corrected chi connectivity index (χ4v) is 2.80. The first-order valence-corrected chi connectivity index (χ1v) is 7.78. The van der Waals surface area contributed by atoms with Gasteiger partial charge in [-0.05, 0) is 24.3 Å². The van der Waals surface area contributed by atoms with Crippen molar-refractivity contribution in [1.29, 1.82) is 5.26 Å². The number of nitrogens with zero attached hydrogens (tertiary/aromatic N) is 3. The van der Waals surface area contributed by atoms with E-state index in [1.54, 1.807) is 25.4 Å². The van der Waals surface area contributed by atoms with Gasteiger partial charge in [-0.25, -0.2) is 9.97 Å². The van der Waals surface area contributed by atoms with Crippen LogP contribution >= 0.6 is 0 Å². The van der Waals surface area contributed by atoms with E-state index in [4.69, 9.17) is 10.00 Å². The summed E-state index contributed by atoms with van der Waals surface area (Å²) in [5, 5.41) is 9.06. The van der Waals surface area contributed by atoms with Crippen LogP contribution in [0.3, 0.4) is 0 Å². The van der Waals surface area contributed by atoms with Crippen LogP contribution in [0.2, 0.25) is 0 Å². The summed E-state index contributed by atoms with van der Waals surface area (Å²) in [6.07, 6.45) is 1.80. The van der Waals surface area contributed by atoms with E-state index in [1.807, 2.05) is 42.5 Å². The molecule has 5 nitrogen and oxygen atoms in total. The van der Waals surface area contributed by atoms with Gasteiger partial charge in [-0.15, -0.1) is 0 Å². The number of rotatable bonds is 3. The fraction of sp³-hybridized carbons (Fsp3) is 0.0500. The van der Waals surface area contributed by atoms with Crippen molar-refractivity contribution >= 4 is 11.2 Å². The zero-order valence-electron chi connectivity index (χ0n) is 13.5. The minimum Gasteiger partial charge on any atom is -0.496 e. The van der Waals surface area contributed by atoms with Gasteiger partial charge in [0.15, 0.2) is 5.65 Å². The summed E-state index contributed by atoms with van der Waals surface area (Å²) in [7, 11) is 1.65. The number of para-hydroxylation sites is 1. The van der Waals surface area contributed by atoms with Crippen LogP contribution in [-0.4, -0.2) is 22.1 Å². The molecular formula is C20H14N4O. The number of H-pyrrole nitrogens is 1. The molecule has 0 aliphatic heterocycles. The van der Waals surface area contributed by atoms with Crippen molar-refractivity contribution in [1.82, 2.24) is 15.0 Å². The number of aromatic amines is 1. The molecule has 0 aliphatic rings. The number of benzene rings is 2. The second-order valence-corrected chi connectivity index (χ2v) is 5.57. The van der Waals surface area contributed by atoms with Gasteiger partial charge in [-0.1, -0.05) is 30.3 Å². The van der Waals surface area contributed by atoms with Gasteiger partial charge in [-0.2, -0.15) is 5.26 Å². The van der Waals surface area contributed by atoms with Gasteiger partial charge in [0.1, 0.15) is 17.1 Å². The number of fused-ring (bicyclic) bond motifs is 1. The molecule has 2 aromatic carbocycles. The Morgan fingerprint density at radius 3 is 2.76 bits per heavy atom. The van der Waals surface area contributed by atoms with Gasteiger partial charge in [0.25, 0.3) is 0 Å². The van der Waals surface area contributed by atoms with Crippen molar-refractivity contribution in [2.24, 2.45) is 0 Å². The Morgan fingerprint density at radius 1 is 1.04 bits per heavy atom. The average Bonchev–Trinajstić information content (AvgIpc) is 3.11. The van der Waals surface area contributed by atoms with Crippen LogP contribution in [0.15, 0.2) is 60.8 Å².